The summed E-state index contributed by atoms with van der Waals surface area (Å²) >= 11 is 0. The molecule has 2 N–H and O–H groups in total. The van der Waals surface area contributed by atoms with Crippen LogP contribution in [0.25, 0.3) is 0 Å². The predicted octanol–water partition coefficient (Wildman–Crippen LogP) is 1.69. The van der Waals surface area contributed by atoms with E-state index < -0.39 is 11.8 Å². The van der Waals surface area contributed by atoms with E-state index in [-0.39, 0.29) is 22.9 Å². The highest BCUT2D eigenvalue weighted by atomic mass is 19.1. The van der Waals surface area contributed by atoms with Gasteiger partial charge >= 0.3 is 5.97 Å². The maximum Gasteiger partial charge on any atom is 0.343 e. The Morgan fingerprint density at radius 3 is 3.12 bits per heavy atom. The molecule has 0 radical (unpaired) electrons. The molecule has 5 heteroatoms. The molecule has 2 unspecified atom stereocenters. The molecule has 1 aliphatic carbocycles. The van der Waals surface area contributed by atoms with Gasteiger partial charge in [0.2, 0.25) is 0 Å². The fraction of sp³-hybridized carbons (Fsp3) is 0.417. The Balaban J connectivity index is 2.21. The average Bonchev–Trinajstić information content (AvgIpc) is 3.06. The van der Waals surface area contributed by atoms with E-state index in [9.17, 15) is 9.18 Å². The minimum Gasteiger partial charge on any atom is -0.492 e. The van der Waals surface area contributed by atoms with Crippen molar-refractivity contribution in [2.75, 3.05) is 19.5 Å². The molecule has 0 saturated heterocycles. The van der Waals surface area contributed by atoms with E-state index >= 15 is 0 Å². The number of halogens is 1. The number of ether oxygens (including phenoxy) is 2. The van der Waals surface area contributed by atoms with Crippen LogP contribution in [0.3, 0.4) is 0 Å². The van der Waals surface area contributed by atoms with Crippen LogP contribution in [0, 0.1) is 11.7 Å². The first-order valence-electron chi connectivity index (χ1n) is 5.46. The second-order valence-corrected chi connectivity index (χ2v) is 4.47. The zero-order valence-electron chi connectivity index (χ0n) is 9.33. The van der Waals surface area contributed by atoms with Gasteiger partial charge in [-0.05, 0) is 18.4 Å². The molecule has 90 valence electrons. The summed E-state index contributed by atoms with van der Waals surface area (Å²) in [6, 6.07) is 1.18. The average molecular weight is 237 g/mol. The lowest BCUT2D eigenvalue weighted by Gasteiger charge is -2.20. The van der Waals surface area contributed by atoms with Crippen LogP contribution in [-0.4, -0.2) is 19.7 Å². The number of nitrogens with two attached hydrogens (primary N) is 1. The number of nitrogen functional groups attached to an aromatic ring is 1. The fourth-order valence-corrected chi connectivity index (χ4v) is 2.44. The molecule has 1 saturated carbocycles. The molecule has 17 heavy (non-hydrogen) atoms. The Labute approximate surface area is 97.5 Å². The van der Waals surface area contributed by atoms with Gasteiger partial charge in [-0.15, -0.1) is 0 Å². The summed E-state index contributed by atoms with van der Waals surface area (Å²) in [5, 5.41) is 0. The third-order valence-corrected chi connectivity index (χ3v) is 3.42. The number of rotatable bonds is 1. The molecule has 4 nitrogen and oxygen atoms in total. The van der Waals surface area contributed by atoms with Crippen molar-refractivity contribution in [1.29, 1.82) is 0 Å². The van der Waals surface area contributed by atoms with Crippen LogP contribution in [0.2, 0.25) is 0 Å². The Morgan fingerprint density at radius 1 is 1.65 bits per heavy atom. The standard InChI is InChI=1S/C12H12FNO3/c1-16-12(15)10-8(14)3-7(13)9-6-2-5(6)4-17-11(9)10/h3,5-6H,2,4,14H2,1H3. The van der Waals surface area contributed by atoms with Crippen LogP contribution in [0.5, 0.6) is 5.75 Å². The monoisotopic (exact) mass is 237 g/mol. The smallest absolute Gasteiger partial charge is 0.343 e. The molecule has 2 atom stereocenters. The lowest BCUT2D eigenvalue weighted by Crippen LogP contribution is -2.17. The third-order valence-electron chi connectivity index (χ3n) is 3.42. The van der Waals surface area contributed by atoms with Gasteiger partial charge in [0.05, 0.1) is 19.4 Å². The van der Waals surface area contributed by atoms with Gasteiger partial charge in [0.1, 0.15) is 17.1 Å². The van der Waals surface area contributed by atoms with Gasteiger partial charge in [-0.2, -0.15) is 0 Å². The number of carbonyl (C=O) groups excluding carboxylic acids is 1. The molecule has 1 heterocycles. The Morgan fingerprint density at radius 2 is 2.41 bits per heavy atom. The lowest BCUT2D eigenvalue weighted by molar-refractivity contribution is 0.0596. The zero-order chi connectivity index (χ0) is 12.2. The van der Waals surface area contributed by atoms with E-state index in [0.717, 1.165) is 6.42 Å². The van der Waals surface area contributed by atoms with E-state index in [4.69, 9.17) is 10.5 Å². The molecule has 0 aromatic heterocycles. The molecule has 1 aromatic rings. The Kier molecular flexibility index (Phi) is 2.05. The molecule has 1 aromatic carbocycles. The van der Waals surface area contributed by atoms with E-state index in [1.165, 1.54) is 13.2 Å². The summed E-state index contributed by atoms with van der Waals surface area (Å²) in [5.74, 6) is -0.155. The van der Waals surface area contributed by atoms with Gasteiger partial charge in [0, 0.05) is 11.5 Å². The van der Waals surface area contributed by atoms with Gasteiger partial charge in [-0.25, -0.2) is 9.18 Å². The van der Waals surface area contributed by atoms with E-state index in [2.05, 4.69) is 4.74 Å². The molecule has 1 aliphatic heterocycles. The fourth-order valence-electron chi connectivity index (χ4n) is 2.44. The van der Waals surface area contributed by atoms with Crippen LogP contribution >= 0.6 is 0 Å². The van der Waals surface area contributed by atoms with Crippen molar-refractivity contribution < 1.29 is 18.7 Å². The van der Waals surface area contributed by atoms with Crippen molar-refractivity contribution in [3.05, 3.63) is 23.0 Å². The number of anilines is 1. The second kappa shape index (κ2) is 3.35. The Hall–Kier alpha value is -1.78. The first-order chi connectivity index (χ1) is 8.13. The van der Waals surface area contributed by atoms with Gasteiger partial charge in [-0.1, -0.05) is 0 Å². The summed E-state index contributed by atoms with van der Waals surface area (Å²) in [6.45, 7) is 0.518. The molecular weight excluding hydrogens is 225 g/mol. The molecule has 0 bridgehead atoms. The number of carbonyl (C=O) groups is 1. The van der Waals surface area contributed by atoms with Gasteiger partial charge in [0.25, 0.3) is 0 Å². The Bertz CT molecular complexity index is 515. The molecule has 0 amide bonds. The van der Waals surface area contributed by atoms with Crippen LogP contribution in [0.1, 0.15) is 28.3 Å². The third kappa shape index (κ3) is 1.38. The summed E-state index contributed by atoms with van der Waals surface area (Å²) in [4.78, 5) is 11.6. The van der Waals surface area contributed by atoms with E-state index in [1.807, 2.05) is 0 Å². The van der Waals surface area contributed by atoms with Crippen molar-refractivity contribution in [2.45, 2.75) is 12.3 Å². The highest BCUT2D eigenvalue weighted by Gasteiger charge is 2.47. The first kappa shape index (κ1) is 10.4. The summed E-state index contributed by atoms with van der Waals surface area (Å²) in [6.07, 6.45) is 0.911. The molecule has 2 aliphatic rings. The number of hydrogen-bond acceptors (Lipinski definition) is 4. The number of hydrogen-bond donors (Lipinski definition) is 1. The minimum absolute atomic E-state index is 0.0622. The van der Waals surface area contributed by atoms with Gasteiger partial charge < -0.3 is 15.2 Å². The summed E-state index contributed by atoms with van der Waals surface area (Å²) < 4.78 is 24.0. The van der Waals surface area contributed by atoms with Crippen molar-refractivity contribution in [1.82, 2.24) is 0 Å². The maximum absolute atomic E-state index is 13.8. The van der Waals surface area contributed by atoms with Crippen molar-refractivity contribution in [3.63, 3.8) is 0 Å². The molecule has 0 spiro atoms. The quantitative estimate of drug-likeness (QED) is 0.596. The minimum atomic E-state index is -0.585. The molecule has 3 rings (SSSR count). The second-order valence-electron chi connectivity index (χ2n) is 4.47. The zero-order valence-corrected chi connectivity index (χ0v) is 9.33. The predicted molar refractivity (Wildman–Crippen MR) is 58.5 cm³/mol. The van der Waals surface area contributed by atoms with Crippen molar-refractivity contribution in [2.24, 2.45) is 5.92 Å². The van der Waals surface area contributed by atoms with Gasteiger partial charge in [-0.3, -0.25) is 0 Å². The highest BCUT2D eigenvalue weighted by molar-refractivity contribution is 5.99. The van der Waals surface area contributed by atoms with Crippen LogP contribution in [0.15, 0.2) is 6.07 Å². The lowest BCUT2D eigenvalue weighted by atomic mass is 9.99. The number of benzene rings is 1. The normalized spacial score (nSPS) is 24.4. The van der Waals surface area contributed by atoms with Crippen molar-refractivity contribution in [3.8, 4) is 5.75 Å². The number of methoxy groups -OCH3 is 1. The number of esters is 1. The highest BCUT2D eigenvalue weighted by Crippen LogP contribution is 2.56. The SMILES string of the molecule is COC(=O)c1c(N)cc(F)c2c1OCC1CC21. The van der Waals surface area contributed by atoms with E-state index in [0.29, 0.717) is 18.1 Å². The number of fused-ring (bicyclic) bond motifs is 3. The van der Waals surface area contributed by atoms with E-state index in [1.54, 1.807) is 0 Å². The van der Waals surface area contributed by atoms with Crippen LogP contribution < -0.4 is 10.5 Å². The molecular formula is C12H12FNO3. The molecule has 1 fully saturated rings. The van der Waals surface area contributed by atoms with Crippen molar-refractivity contribution >= 4 is 11.7 Å². The van der Waals surface area contributed by atoms with Crippen LogP contribution in [-0.2, 0) is 4.74 Å². The summed E-state index contributed by atoms with van der Waals surface area (Å²) in [7, 11) is 1.26. The largest absolute Gasteiger partial charge is 0.492 e. The summed E-state index contributed by atoms with van der Waals surface area (Å²) in [5.41, 5.74) is 6.35. The topological polar surface area (TPSA) is 61.5 Å². The van der Waals surface area contributed by atoms with Gasteiger partial charge in [0.15, 0.2) is 0 Å². The maximum atomic E-state index is 13.8. The van der Waals surface area contributed by atoms with Crippen LogP contribution in [0.4, 0.5) is 10.1 Å². The first-order valence-corrected chi connectivity index (χ1v) is 5.46.